The summed E-state index contributed by atoms with van der Waals surface area (Å²) in [5.41, 5.74) is 1.58. The van der Waals surface area contributed by atoms with Gasteiger partial charge in [0.05, 0.1) is 7.11 Å². The number of anilines is 1. The Balaban J connectivity index is 1.98. The van der Waals surface area contributed by atoms with Crippen LogP contribution in [-0.4, -0.2) is 30.9 Å². The van der Waals surface area contributed by atoms with Crippen LogP contribution in [-0.2, 0) is 4.79 Å². The summed E-state index contributed by atoms with van der Waals surface area (Å²) in [4.78, 5) is 24.7. The zero-order chi connectivity index (χ0) is 19.8. The number of Topliss-reactive ketones (excluding diaryl/α,β-unsaturated/α-hetero) is 1. The first-order valence-corrected chi connectivity index (χ1v) is 8.60. The standard InChI is InChI=1S/C20H21ClN2O4/c1-13(2)22-12-27-17-6-4-5-15(11-17)23-20(25)18(21)19(24)14-7-9-16(26-3)10-8-14/h4-11,18,22H,1,12H2,2-3H3,(H,23,25). The van der Waals surface area contributed by atoms with Crippen molar-refractivity contribution in [2.75, 3.05) is 19.2 Å². The van der Waals surface area contributed by atoms with E-state index in [9.17, 15) is 9.59 Å². The van der Waals surface area contributed by atoms with E-state index < -0.39 is 17.1 Å². The first kappa shape index (κ1) is 20.3. The lowest BCUT2D eigenvalue weighted by atomic mass is 10.1. The number of benzene rings is 2. The number of amides is 1. The molecule has 2 aromatic carbocycles. The van der Waals surface area contributed by atoms with Gasteiger partial charge in [-0.15, -0.1) is 11.6 Å². The minimum absolute atomic E-state index is 0.251. The number of ether oxygens (including phenoxy) is 2. The van der Waals surface area contributed by atoms with Crippen molar-refractivity contribution in [1.82, 2.24) is 5.32 Å². The number of rotatable bonds is 9. The van der Waals surface area contributed by atoms with Crippen LogP contribution in [0.3, 0.4) is 0 Å². The van der Waals surface area contributed by atoms with E-state index >= 15 is 0 Å². The highest BCUT2D eigenvalue weighted by atomic mass is 35.5. The SMILES string of the molecule is C=C(C)NCOc1cccc(NC(=O)C(Cl)C(=O)c2ccc(OC)cc2)c1. The Morgan fingerprint density at radius 3 is 2.48 bits per heavy atom. The van der Waals surface area contributed by atoms with Crippen molar-refractivity contribution in [1.29, 1.82) is 0 Å². The Morgan fingerprint density at radius 1 is 1.15 bits per heavy atom. The summed E-state index contributed by atoms with van der Waals surface area (Å²) in [6.07, 6.45) is 0. The molecular formula is C20H21ClN2O4. The summed E-state index contributed by atoms with van der Waals surface area (Å²) < 4.78 is 10.5. The predicted molar refractivity (Wildman–Crippen MR) is 105 cm³/mol. The monoisotopic (exact) mass is 388 g/mol. The van der Waals surface area contributed by atoms with Crippen LogP contribution >= 0.6 is 11.6 Å². The molecule has 0 aromatic heterocycles. The van der Waals surface area contributed by atoms with Gasteiger partial charge in [-0.25, -0.2) is 0 Å². The number of methoxy groups -OCH3 is 1. The molecule has 6 nitrogen and oxygen atoms in total. The van der Waals surface area contributed by atoms with Gasteiger partial charge in [-0.2, -0.15) is 0 Å². The van der Waals surface area contributed by atoms with Crippen molar-refractivity contribution in [3.8, 4) is 11.5 Å². The van der Waals surface area contributed by atoms with Crippen molar-refractivity contribution >= 4 is 29.0 Å². The van der Waals surface area contributed by atoms with Crippen LogP contribution in [0.25, 0.3) is 0 Å². The van der Waals surface area contributed by atoms with Crippen LogP contribution in [0.4, 0.5) is 5.69 Å². The summed E-state index contributed by atoms with van der Waals surface area (Å²) in [5.74, 6) is 0.0545. The van der Waals surface area contributed by atoms with Gasteiger partial charge in [0.25, 0.3) is 0 Å². The molecule has 0 aliphatic carbocycles. The number of carbonyl (C=O) groups is 2. The van der Waals surface area contributed by atoms with E-state index in [0.29, 0.717) is 22.7 Å². The maximum absolute atomic E-state index is 12.4. The molecule has 2 rings (SSSR count). The molecule has 0 bridgehead atoms. The molecule has 1 unspecified atom stereocenters. The zero-order valence-corrected chi connectivity index (χ0v) is 15.9. The lowest BCUT2D eigenvalue weighted by molar-refractivity contribution is -0.115. The molecule has 7 heteroatoms. The number of hydrogen-bond donors (Lipinski definition) is 2. The molecule has 0 radical (unpaired) electrons. The summed E-state index contributed by atoms with van der Waals surface area (Å²) >= 11 is 6.05. The highest BCUT2D eigenvalue weighted by Gasteiger charge is 2.25. The van der Waals surface area contributed by atoms with E-state index in [1.807, 2.05) is 6.92 Å². The van der Waals surface area contributed by atoms with Crippen molar-refractivity contribution < 1.29 is 19.1 Å². The first-order valence-electron chi connectivity index (χ1n) is 8.16. The van der Waals surface area contributed by atoms with E-state index in [1.165, 1.54) is 7.11 Å². The van der Waals surface area contributed by atoms with E-state index in [-0.39, 0.29) is 6.73 Å². The van der Waals surface area contributed by atoms with Crippen LogP contribution in [0.2, 0.25) is 0 Å². The number of carbonyl (C=O) groups excluding carboxylic acids is 2. The molecule has 0 aliphatic rings. The fourth-order valence-corrected chi connectivity index (χ4v) is 2.31. The number of allylic oxidation sites excluding steroid dienone is 1. The van der Waals surface area contributed by atoms with E-state index in [1.54, 1.807) is 48.5 Å². The van der Waals surface area contributed by atoms with Crippen molar-refractivity contribution in [3.05, 3.63) is 66.4 Å². The molecular weight excluding hydrogens is 368 g/mol. The van der Waals surface area contributed by atoms with Gasteiger partial charge in [0.2, 0.25) is 5.91 Å². The summed E-state index contributed by atoms with van der Waals surface area (Å²) in [7, 11) is 1.53. The fraction of sp³-hybridized carbons (Fsp3) is 0.200. The van der Waals surface area contributed by atoms with E-state index in [2.05, 4.69) is 17.2 Å². The Hall–Kier alpha value is -2.99. The molecule has 0 aliphatic heterocycles. The molecule has 27 heavy (non-hydrogen) atoms. The normalized spacial score (nSPS) is 11.2. The number of ketones is 1. The second kappa shape index (κ2) is 9.64. The summed E-state index contributed by atoms with van der Waals surface area (Å²) in [6.45, 7) is 5.78. The Bertz CT molecular complexity index is 821. The molecule has 0 saturated heterocycles. The zero-order valence-electron chi connectivity index (χ0n) is 15.1. The molecule has 142 valence electrons. The lowest BCUT2D eigenvalue weighted by Gasteiger charge is -2.12. The molecule has 0 spiro atoms. The maximum atomic E-state index is 12.4. The van der Waals surface area contributed by atoms with E-state index in [4.69, 9.17) is 21.1 Å². The highest BCUT2D eigenvalue weighted by Crippen LogP contribution is 2.19. The van der Waals surface area contributed by atoms with E-state index in [0.717, 1.165) is 5.70 Å². The van der Waals surface area contributed by atoms with Gasteiger partial charge in [-0.1, -0.05) is 12.6 Å². The third-order valence-electron chi connectivity index (χ3n) is 3.55. The molecule has 2 aromatic rings. The fourth-order valence-electron chi connectivity index (χ4n) is 2.13. The van der Waals surface area contributed by atoms with Gasteiger partial charge in [0, 0.05) is 23.0 Å². The van der Waals surface area contributed by atoms with Crippen LogP contribution in [0.15, 0.2) is 60.8 Å². The van der Waals surface area contributed by atoms with Crippen LogP contribution in [0.5, 0.6) is 11.5 Å². The van der Waals surface area contributed by atoms with Gasteiger partial charge in [-0.05, 0) is 43.3 Å². The maximum Gasteiger partial charge on any atom is 0.250 e. The number of hydrogen-bond acceptors (Lipinski definition) is 5. The van der Waals surface area contributed by atoms with Gasteiger partial charge in [0.15, 0.2) is 17.9 Å². The predicted octanol–water partition coefficient (Wildman–Crippen LogP) is 3.58. The molecule has 1 amide bonds. The lowest BCUT2D eigenvalue weighted by Crippen LogP contribution is -2.30. The number of nitrogens with one attached hydrogen (secondary N) is 2. The average Bonchev–Trinajstić information content (AvgIpc) is 2.67. The van der Waals surface area contributed by atoms with Gasteiger partial charge < -0.3 is 20.1 Å². The van der Waals surface area contributed by atoms with Crippen LogP contribution < -0.4 is 20.1 Å². The van der Waals surface area contributed by atoms with Crippen LogP contribution in [0, 0.1) is 0 Å². The van der Waals surface area contributed by atoms with Gasteiger partial charge in [-0.3, -0.25) is 9.59 Å². The quantitative estimate of drug-likeness (QED) is 0.297. The summed E-state index contributed by atoms with van der Waals surface area (Å²) in [5, 5.41) is 4.20. The van der Waals surface area contributed by atoms with Crippen molar-refractivity contribution in [3.63, 3.8) is 0 Å². The Labute approximate surface area is 163 Å². The van der Waals surface area contributed by atoms with Gasteiger partial charge in [0.1, 0.15) is 11.5 Å². The number of alkyl halides is 1. The smallest absolute Gasteiger partial charge is 0.250 e. The van der Waals surface area contributed by atoms with Crippen molar-refractivity contribution in [2.45, 2.75) is 12.3 Å². The number of halogens is 1. The highest BCUT2D eigenvalue weighted by molar-refractivity contribution is 6.45. The molecule has 0 heterocycles. The first-order chi connectivity index (χ1) is 12.9. The third-order valence-corrected chi connectivity index (χ3v) is 3.95. The molecule has 1 atom stereocenters. The van der Waals surface area contributed by atoms with Crippen LogP contribution in [0.1, 0.15) is 17.3 Å². The second-order valence-corrected chi connectivity index (χ2v) is 6.15. The van der Waals surface area contributed by atoms with Gasteiger partial charge >= 0.3 is 0 Å². The minimum atomic E-state index is -1.35. The average molecular weight is 389 g/mol. The Morgan fingerprint density at radius 2 is 1.85 bits per heavy atom. The Kier molecular flexibility index (Phi) is 7.25. The molecule has 0 saturated carbocycles. The second-order valence-electron chi connectivity index (χ2n) is 5.72. The topological polar surface area (TPSA) is 76.7 Å². The molecule has 0 fully saturated rings. The third kappa shape index (κ3) is 6.04. The van der Waals surface area contributed by atoms with Crippen molar-refractivity contribution in [2.24, 2.45) is 0 Å². The molecule has 2 N–H and O–H groups in total. The summed E-state index contributed by atoms with van der Waals surface area (Å²) in [6, 6.07) is 13.2. The minimum Gasteiger partial charge on any atom is -0.497 e. The largest absolute Gasteiger partial charge is 0.497 e.